The van der Waals surface area contributed by atoms with E-state index in [0.29, 0.717) is 16.3 Å². The SMILES string of the molecule is C=C/C(=C\C=C(/C)c1cnc(Nc2ccc(C(=O)N(O)CCO)nc2)o1)C(F)(F)F. The molecule has 0 aliphatic heterocycles. The van der Waals surface area contributed by atoms with Crippen LogP contribution in [0, 0.1) is 0 Å². The van der Waals surface area contributed by atoms with Crippen LogP contribution < -0.4 is 5.32 Å². The molecule has 0 saturated heterocycles. The number of aliphatic hydroxyl groups is 1. The zero-order valence-electron chi connectivity index (χ0n) is 15.8. The van der Waals surface area contributed by atoms with Crippen LogP contribution in [0.3, 0.4) is 0 Å². The fourth-order valence-electron chi connectivity index (χ4n) is 2.14. The zero-order chi connectivity index (χ0) is 22.3. The first-order valence-corrected chi connectivity index (χ1v) is 8.54. The van der Waals surface area contributed by atoms with Crippen LogP contribution in [-0.4, -0.2) is 50.6 Å². The number of nitrogens with zero attached hydrogens (tertiary/aromatic N) is 3. The van der Waals surface area contributed by atoms with E-state index < -0.39 is 24.3 Å². The van der Waals surface area contributed by atoms with Crippen LogP contribution in [0.25, 0.3) is 5.57 Å². The molecule has 0 radical (unpaired) electrons. The van der Waals surface area contributed by atoms with Gasteiger partial charge in [-0.2, -0.15) is 13.2 Å². The molecule has 8 nitrogen and oxygen atoms in total. The Morgan fingerprint density at radius 2 is 2.03 bits per heavy atom. The number of amides is 1. The first-order valence-electron chi connectivity index (χ1n) is 8.54. The summed E-state index contributed by atoms with van der Waals surface area (Å²) in [7, 11) is 0. The van der Waals surface area contributed by atoms with Crippen molar-refractivity contribution < 1.29 is 32.7 Å². The van der Waals surface area contributed by atoms with Gasteiger partial charge in [0.25, 0.3) is 11.9 Å². The topological polar surface area (TPSA) is 112 Å². The Kier molecular flexibility index (Phi) is 7.50. The lowest BCUT2D eigenvalue weighted by Crippen LogP contribution is -2.30. The molecule has 30 heavy (non-hydrogen) atoms. The molecular formula is C19H19F3N4O4. The number of rotatable bonds is 8. The number of carbonyl (C=O) groups excluding carboxylic acids is 1. The maximum absolute atomic E-state index is 12.7. The number of carbonyl (C=O) groups is 1. The molecular weight excluding hydrogens is 405 g/mol. The predicted octanol–water partition coefficient (Wildman–Crippen LogP) is 3.71. The van der Waals surface area contributed by atoms with Gasteiger partial charge in [0.15, 0.2) is 5.76 Å². The number of aliphatic hydroxyl groups excluding tert-OH is 1. The quantitative estimate of drug-likeness (QED) is 0.336. The number of aromatic nitrogens is 2. The lowest BCUT2D eigenvalue weighted by atomic mass is 10.2. The highest BCUT2D eigenvalue weighted by molar-refractivity contribution is 5.91. The minimum atomic E-state index is -4.50. The van der Waals surface area contributed by atoms with E-state index in [2.05, 4.69) is 21.9 Å². The smallest absolute Gasteiger partial charge is 0.416 e. The normalized spacial score (nSPS) is 12.6. The molecule has 0 fully saturated rings. The van der Waals surface area contributed by atoms with E-state index in [-0.39, 0.29) is 24.0 Å². The van der Waals surface area contributed by atoms with Crippen molar-refractivity contribution in [3.05, 3.63) is 66.4 Å². The number of alkyl halides is 3. The zero-order valence-corrected chi connectivity index (χ0v) is 15.8. The highest BCUT2D eigenvalue weighted by atomic mass is 19.4. The van der Waals surface area contributed by atoms with E-state index in [4.69, 9.17) is 9.52 Å². The highest BCUT2D eigenvalue weighted by Gasteiger charge is 2.30. The second kappa shape index (κ2) is 9.85. The van der Waals surface area contributed by atoms with E-state index >= 15 is 0 Å². The van der Waals surface area contributed by atoms with Crippen molar-refractivity contribution in [3.63, 3.8) is 0 Å². The summed E-state index contributed by atoms with van der Waals surface area (Å²) >= 11 is 0. The van der Waals surface area contributed by atoms with Gasteiger partial charge in [0.05, 0.1) is 36.8 Å². The van der Waals surface area contributed by atoms with Gasteiger partial charge in [-0.15, -0.1) is 0 Å². The maximum atomic E-state index is 12.7. The van der Waals surface area contributed by atoms with E-state index in [0.717, 1.165) is 12.2 Å². The van der Waals surface area contributed by atoms with Gasteiger partial charge in [0.1, 0.15) is 5.69 Å². The molecule has 0 spiro atoms. The number of halogens is 3. The van der Waals surface area contributed by atoms with Crippen molar-refractivity contribution in [3.8, 4) is 0 Å². The molecule has 2 aromatic rings. The van der Waals surface area contributed by atoms with E-state index in [1.54, 1.807) is 6.92 Å². The molecule has 160 valence electrons. The summed E-state index contributed by atoms with van der Waals surface area (Å²) in [5.41, 5.74) is -0.108. The predicted molar refractivity (Wildman–Crippen MR) is 102 cm³/mol. The number of hydrogen-bond donors (Lipinski definition) is 3. The van der Waals surface area contributed by atoms with Gasteiger partial charge in [-0.25, -0.2) is 15.0 Å². The minimum Gasteiger partial charge on any atom is -0.424 e. The summed E-state index contributed by atoms with van der Waals surface area (Å²) in [4.78, 5) is 19.7. The monoisotopic (exact) mass is 424 g/mol. The molecule has 0 atom stereocenters. The summed E-state index contributed by atoms with van der Waals surface area (Å²) in [6, 6.07) is 2.90. The van der Waals surface area contributed by atoms with Crippen molar-refractivity contribution in [1.82, 2.24) is 15.0 Å². The third-order valence-corrected chi connectivity index (χ3v) is 3.73. The highest BCUT2D eigenvalue weighted by Crippen LogP contribution is 2.27. The molecule has 3 N–H and O–H groups in total. The summed E-state index contributed by atoms with van der Waals surface area (Å²) in [5, 5.41) is 21.3. The molecule has 2 heterocycles. The van der Waals surface area contributed by atoms with Gasteiger partial charge in [0.2, 0.25) is 0 Å². The van der Waals surface area contributed by atoms with Gasteiger partial charge in [0, 0.05) is 0 Å². The van der Waals surface area contributed by atoms with Crippen molar-refractivity contribution in [2.75, 3.05) is 18.5 Å². The lowest BCUT2D eigenvalue weighted by Gasteiger charge is -2.12. The van der Waals surface area contributed by atoms with Crippen LogP contribution in [0.4, 0.5) is 24.9 Å². The standard InChI is InChI=1S/C19H19F3N4O4/c1-3-13(19(20,21)22)5-4-12(2)16-11-24-18(30-16)25-14-6-7-15(23-10-14)17(28)26(29)8-9-27/h3-7,10-11,27,29H,1,8-9H2,2H3,(H,24,25)/b12-4+,13-5+. The van der Waals surface area contributed by atoms with Crippen LogP contribution in [0.1, 0.15) is 23.2 Å². The molecule has 0 aliphatic rings. The van der Waals surface area contributed by atoms with E-state index in [1.165, 1.54) is 30.6 Å². The van der Waals surface area contributed by atoms with Crippen LogP contribution in [0.15, 0.2) is 59.3 Å². The molecule has 0 unspecified atom stereocenters. The lowest BCUT2D eigenvalue weighted by molar-refractivity contribution is -0.0881. The Balaban J connectivity index is 2.08. The van der Waals surface area contributed by atoms with Gasteiger partial charge < -0.3 is 14.8 Å². The minimum absolute atomic E-state index is 0.0437. The second-order valence-electron chi connectivity index (χ2n) is 5.91. The molecule has 1 amide bonds. The number of pyridine rings is 1. The van der Waals surface area contributed by atoms with Gasteiger partial charge >= 0.3 is 6.18 Å². The van der Waals surface area contributed by atoms with Crippen molar-refractivity contribution in [2.24, 2.45) is 0 Å². The number of hydroxylamine groups is 2. The summed E-state index contributed by atoms with van der Waals surface area (Å²) in [5.74, 6) is -0.528. The Morgan fingerprint density at radius 3 is 2.60 bits per heavy atom. The fourth-order valence-corrected chi connectivity index (χ4v) is 2.14. The van der Waals surface area contributed by atoms with Gasteiger partial charge in [-0.1, -0.05) is 18.7 Å². The Hall–Kier alpha value is -3.44. The van der Waals surface area contributed by atoms with Crippen LogP contribution in [0.2, 0.25) is 0 Å². The fraction of sp³-hybridized carbons (Fsp3) is 0.211. The van der Waals surface area contributed by atoms with E-state index in [9.17, 15) is 23.2 Å². The van der Waals surface area contributed by atoms with Crippen LogP contribution in [0.5, 0.6) is 0 Å². The van der Waals surface area contributed by atoms with Crippen LogP contribution >= 0.6 is 0 Å². The van der Waals surface area contributed by atoms with Gasteiger partial charge in [-0.3, -0.25) is 10.0 Å². The van der Waals surface area contributed by atoms with Crippen molar-refractivity contribution in [2.45, 2.75) is 13.1 Å². The summed E-state index contributed by atoms with van der Waals surface area (Å²) < 4.78 is 43.6. The summed E-state index contributed by atoms with van der Waals surface area (Å²) in [6.07, 6.45) is 0.988. The van der Waals surface area contributed by atoms with Crippen molar-refractivity contribution >= 4 is 23.2 Å². The number of anilines is 2. The molecule has 0 aliphatic carbocycles. The molecule has 11 heteroatoms. The number of hydrogen-bond acceptors (Lipinski definition) is 7. The first kappa shape index (κ1) is 22.8. The average Bonchev–Trinajstić information content (AvgIpc) is 3.16. The van der Waals surface area contributed by atoms with E-state index in [1.807, 2.05) is 0 Å². The van der Waals surface area contributed by atoms with Crippen molar-refractivity contribution in [1.29, 1.82) is 0 Å². The third-order valence-electron chi connectivity index (χ3n) is 3.73. The largest absolute Gasteiger partial charge is 0.424 e. The molecule has 0 aromatic carbocycles. The number of allylic oxidation sites excluding steroid dienone is 5. The molecule has 2 aromatic heterocycles. The number of nitrogens with one attached hydrogen (secondary N) is 1. The molecule has 0 bridgehead atoms. The Bertz CT molecular complexity index is 949. The van der Waals surface area contributed by atoms with Crippen LogP contribution in [-0.2, 0) is 0 Å². The third kappa shape index (κ3) is 6.03. The summed E-state index contributed by atoms with van der Waals surface area (Å²) in [6.45, 7) is 4.06. The van der Waals surface area contributed by atoms with Gasteiger partial charge in [-0.05, 0) is 30.7 Å². The Morgan fingerprint density at radius 1 is 1.30 bits per heavy atom. The second-order valence-corrected chi connectivity index (χ2v) is 5.91. The number of oxazole rings is 1. The molecule has 0 saturated carbocycles. The maximum Gasteiger partial charge on any atom is 0.416 e. The first-order chi connectivity index (χ1) is 14.2. The molecule has 2 rings (SSSR count). The Labute approximate surface area is 169 Å². The average molecular weight is 424 g/mol.